The van der Waals surface area contributed by atoms with Crippen LogP contribution in [0.25, 0.3) is 0 Å². The summed E-state index contributed by atoms with van der Waals surface area (Å²) < 4.78 is 5.19. The summed E-state index contributed by atoms with van der Waals surface area (Å²) in [5.41, 5.74) is 1.43. The lowest BCUT2D eigenvalue weighted by atomic mass is 10.1. The summed E-state index contributed by atoms with van der Waals surface area (Å²) in [7, 11) is 1.54. The van der Waals surface area contributed by atoms with Gasteiger partial charge in [0.15, 0.2) is 5.71 Å². The van der Waals surface area contributed by atoms with E-state index in [2.05, 4.69) is 15.5 Å². The number of methoxy groups -OCH3 is 1. The van der Waals surface area contributed by atoms with Crippen molar-refractivity contribution in [1.82, 2.24) is 0 Å². The van der Waals surface area contributed by atoms with Gasteiger partial charge in [0.1, 0.15) is 5.75 Å². The summed E-state index contributed by atoms with van der Waals surface area (Å²) in [5, 5.41) is 21.3. The molecule has 1 amide bonds. The van der Waals surface area contributed by atoms with Crippen LogP contribution in [-0.2, 0) is 4.79 Å². The van der Waals surface area contributed by atoms with E-state index in [4.69, 9.17) is 4.74 Å². The van der Waals surface area contributed by atoms with Crippen LogP contribution in [0.3, 0.4) is 0 Å². The second kappa shape index (κ2) is 6.29. The number of hydrogen-bond acceptors (Lipinski definition) is 6. The summed E-state index contributed by atoms with van der Waals surface area (Å²) in [6.45, 7) is 0. The number of nitrogens with one attached hydrogen (secondary N) is 1. The van der Waals surface area contributed by atoms with Crippen LogP contribution in [0, 0.1) is 10.1 Å². The standard InChI is InChI=1S/C16H12N4O4/c1-24-14-5-3-2-4-10(14)9-17-19-15-12-8-11(20(22)23)6-7-13(12)18-16(15)21/h2-9H,1H3,(H,18,19,21). The molecule has 0 bridgehead atoms. The molecule has 0 saturated heterocycles. The average Bonchev–Trinajstić information content (AvgIpc) is 2.90. The molecule has 1 N–H and O–H groups in total. The van der Waals surface area contributed by atoms with Crippen molar-refractivity contribution in [3.63, 3.8) is 0 Å². The topological polar surface area (TPSA) is 106 Å². The quantitative estimate of drug-likeness (QED) is 0.529. The molecule has 0 radical (unpaired) electrons. The van der Waals surface area contributed by atoms with Crippen molar-refractivity contribution in [2.75, 3.05) is 12.4 Å². The molecule has 2 aromatic carbocycles. The minimum atomic E-state index is -0.529. The first-order chi connectivity index (χ1) is 11.6. The van der Waals surface area contributed by atoms with Gasteiger partial charge in [-0.15, -0.1) is 5.10 Å². The fourth-order valence-corrected chi connectivity index (χ4v) is 2.28. The Balaban J connectivity index is 1.94. The van der Waals surface area contributed by atoms with Gasteiger partial charge in [-0.2, -0.15) is 5.10 Å². The van der Waals surface area contributed by atoms with Crippen LogP contribution in [-0.4, -0.2) is 29.9 Å². The molecule has 3 rings (SSSR count). The smallest absolute Gasteiger partial charge is 0.276 e. The van der Waals surface area contributed by atoms with Crippen LogP contribution in [0.4, 0.5) is 11.4 Å². The van der Waals surface area contributed by atoms with Crippen LogP contribution >= 0.6 is 0 Å². The number of anilines is 1. The first kappa shape index (κ1) is 15.3. The molecule has 0 spiro atoms. The third-order valence-corrected chi connectivity index (χ3v) is 3.43. The average molecular weight is 324 g/mol. The van der Waals surface area contributed by atoms with Crippen molar-refractivity contribution in [3.05, 3.63) is 63.7 Å². The normalized spacial score (nSPS) is 14.7. The van der Waals surface area contributed by atoms with E-state index >= 15 is 0 Å². The lowest BCUT2D eigenvalue weighted by Crippen LogP contribution is -2.13. The highest BCUT2D eigenvalue weighted by atomic mass is 16.6. The highest BCUT2D eigenvalue weighted by Gasteiger charge is 2.28. The van der Waals surface area contributed by atoms with Gasteiger partial charge in [-0.05, 0) is 18.2 Å². The van der Waals surface area contributed by atoms with Gasteiger partial charge in [0.25, 0.3) is 11.6 Å². The number of amides is 1. The second-order valence-corrected chi connectivity index (χ2v) is 4.88. The minimum Gasteiger partial charge on any atom is -0.496 e. The van der Waals surface area contributed by atoms with Gasteiger partial charge in [0, 0.05) is 23.3 Å². The third-order valence-electron chi connectivity index (χ3n) is 3.43. The molecule has 0 saturated carbocycles. The van der Waals surface area contributed by atoms with E-state index in [1.807, 2.05) is 12.1 Å². The maximum Gasteiger partial charge on any atom is 0.276 e. The van der Waals surface area contributed by atoms with E-state index in [0.717, 1.165) is 0 Å². The van der Waals surface area contributed by atoms with Crippen LogP contribution in [0.2, 0.25) is 0 Å². The maximum absolute atomic E-state index is 12.0. The molecule has 1 heterocycles. The van der Waals surface area contributed by atoms with E-state index in [1.165, 1.54) is 24.4 Å². The van der Waals surface area contributed by atoms with Crippen molar-refractivity contribution in [1.29, 1.82) is 0 Å². The first-order valence-corrected chi connectivity index (χ1v) is 6.94. The van der Waals surface area contributed by atoms with Gasteiger partial charge in [0.2, 0.25) is 0 Å². The summed E-state index contributed by atoms with van der Waals surface area (Å²) in [5.74, 6) is 0.163. The molecule has 0 unspecified atom stereocenters. The Morgan fingerprint density at radius 2 is 2.04 bits per heavy atom. The van der Waals surface area contributed by atoms with E-state index in [0.29, 0.717) is 22.6 Å². The van der Waals surface area contributed by atoms with Gasteiger partial charge >= 0.3 is 0 Å². The number of para-hydroxylation sites is 1. The number of non-ortho nitro benzene ring substituents is 1. The van der Waals surface area contributed by atoms with Gasteiger partial charge in [-0.25, -0.2) is 0 Å². The van der Waals surface area contributed by atoms with Crippen LogP contribution in [0.1, 0.15) is 11.1 Å². The third kappa shape index (κ3) is 2.84. The van der Waals surface area contributed by atoms with Crippen LogP contribution in [0.15, 0.2) is 52.7 Å². The van der Waals surface area contributed by atoms with Crippen molar-refractivity contribution in [2.45, 2.75) is 0 Å². The molecule has 120 valence electrons. The van der Waals surface area contributed by atoms with E-state index in [9.17, 15) is 14.9 Å². The number of carbonyl (C=O) groups excluding carboxylic acids is 1. The Labute approximate surface area is 136 Å². The Morgan fingerprint density at radius 3 is 2.79 bits per heavy atom. The van der Waals surface area contributed by atoms with Crippen molar-refractivity contribution < 1.29 is 14.5 Å². The Bertz CT molecular complexity index is 889. The zero-order valence-electron chi connectivity index (χ0n) is 12.6. The van der Waals surface area contributed by atoms with E-state index < -0.39 is 10.8 Å². The SMILES string of the molecule is COc1ccccc1C=N/N=C1\C(=O)Nc2ccc([N+](=O)[O-])cc21. The lowest BCUT2D eigenvalue weighted by Gasteiger charge is -2.01. The zero-order valence-corrected chi connectivity index (χ0v) is 12.6. The molecule has 2 aromatic rings. The minimum absolute atomic E-state index is 0.0276. The van der Waals surface area contributed by atoms with Gasteiger partial charge < -0.3 is 10.1 Å². The monoisotopic (exact) mass is 324 g/mol. The van der Waals surface area contributed by atoms with Gasteiger partial charge in [0.05, 0.1) is 23.9 Å². The Kier molecular flexibility index (Phi) is 4.02. The number of fused-ring (bicyclic) bond motifs is 1. The largest absolute Gasteiger partial charge is 0.496 e. The highest BCUT2D eigenvalue weighted by molar-refractivity contribution is 6.53. The van der Waals surface area contributed by atoms with Crippen molar-refractivity contribution in [3.8, 4) is 5.75 Å². The summed E-state index contributed by atoms with van der Waals surface area (Å²) in [6, 6.07) is 11.3. The van der Waals surface area contributed by atoms with E-state index in [-0.39, 0.29) is 11.4 Å². The number of carbonyl (C=O) groups is 1. The Morgan fingerprint density at radius 1 is 1.25 bits per heavy atom. The molecular weight excluding hydrogens is 312 g/mol. The van der Waals surface area contributed by atoms with Gasteiger partial charge in [-0.3, -0.25) is 14.9 Å². The molecule has 1 aliphatic rings. The van der Waals surface area contributed by atoms with Gasteiger partial charge in [-0.1, -0.05) is 12.1 Å². The lowest BCUT2D eigenvalue weighted by molar-refractivity contribution is -0.384. The zero-order chi connectivity index (χ0) is 17.1. The number of nitro benzene ring substituents is 1. The van der Waals surface area contributed by atoms with E-state index in [1.54, 1.807) is 19.2 Å². The molecule has 0 aromatic heterocycles. The Hall–Kier alpha value is -3.55. The molecule has 0 atom stereocenters. The molecule has 0 fully saturated rings. The summed E-state index contributed by atoms with van der Waals surface area (Å²) in [6.07, 6.45) is 1.45. The number of ether oxygens (including phenoxy) is 1. The van der Waals surface area contributed by atoms with Crippen molar-refractivity contribution in [2.24, 2.45) is 10.2 Å². The number of nitro groups is 1. The molecule has 8 nitrogen and oxygen atoms in total. The summed E-state index contributed by atoms with van der Waals surface area (Å²) >= 11 is 0. The maximum atomic E-state index is 12.0. The van der Waals surface area contributed by atoms with Crippen molar-refractivity contribution >= 4 is 29.2 Å². The predicted octanol–water partition coefficient (Wildman–Crippen LogP) is 2.38. The first-order valence-electron chi connectivity index (χ1n) is 6.94. The fraction of sp³-hybridized carbons (Fsp3) is 0.0625. The van der Waals surface area contributed by atoms with Crippen LogP contribution < -0.4 is 10.1 Å². The molecule has 1 aliphatic heterocycles. The number of benzene rings is 2. The second-order valence-electron chi connectivity index (χ2n) is 4.88. The predicted molar refractivity (Wildman–Crippen MR) is 88.9 cm³/mol. The fourth-order valence-electron chi connectivity index (χ4n) is 2.28. The van der Waals surface area contributed by atoms with Crippen LogP contribution in [0.5, 0.6) is 5.75 Å². The molecule has 0 aliphatic carbocycles. The number of hydrogen-bond donors (Lipinski definition) is 1. The molecule has 24 heavy (non-hydrogen) atoms. The summed E-state index contributed by atoms with van der Waals surface area (Å²) in [4.78, 5) is 22.3. The number of nitrogens with zero attached hydrogens (tertiary/aromatic N) is 3. The molecule has 8 heteroatoms. The number of rotatable bonds is 4. The molecular formula is C16H12N4O4. The highest BCUT2D eigenvalue weighted by Crippen LogP contribution is 2.27.